The highest BCUT2D eigenvalue weighted by molar-refractivity contribution is 5.74. The van der Waals surface area contributed by atoms with Gasteiger partial charge in [-0.05, 0) is 14.1 Å². The molecule has 5 heteroatoms. The zero-order valence-corrected chi connectivity index (χ0v) is 8.06. The quantitative estimate of drug-likeness (QED) is 0.623. The topological polar surface area (TPSA) is 45.1 Å². The summed E-state index contributed by atoms with van der Waals surface area (Å²) in [6, 6.07) is 0. The summed E-state index contributed by atoms with van der Waals surface area (Å²) in [7, 11) is 3.87. The number of hydrogen-bond acceptors (Lipinski definition) is 4. The summed E-state index contributed by atoms with van der Waals surface area (Å²) in [4.78, 5) is 18.7. The lowest BCUT2D eigenvalue weighted by Crippen LogP contribution is -2.31. The lowest BCUT2D eigenvalue weighted by molar-refractivity contribution is 0.104. The minimum absolute atomic E-state index is 0.278. The Labute approximate surface area is 78.0 Å². The van der Waals surface area contributed by atoms with Crippen LogP contribution in [0.2, 0.25) is 0 Å². The zero-order chi connectivity index (χ0) is 9.68. The molecule has 5 nitrogen and oxygen atoms in total. The molecule has 1 aliphatic rings. The van der Waals surface area contributed by atoms with Gasteiger partial charge in [0.05, 0.1) is 6.54 Å². The first-order chi connectivity index (χ1) is 6.20. The highest BCUT2D eigenvalue weighted by Gasteiger charge is 2.15. The number of ether oxygens (including phenoxy) is 1. The highest BCUT2D eigenvalue weighted by atomic mass is 16.6. The van der Waals surface area contributed by atoms with E-state index >= 15 is 0 Å². The minimum Gasteiger partial charge on any atom is -0.448 e. The molecule has 1 heterocycles. The minimum atomic E-state index is -0.278. The van der Waals surface area contributed by atoms with Gasteiger partial charge in [-0.2, -0.15) is 0 Å². The predicted molar refractivity (Wildman–Crippen MR) is 50.0 cm³/mol. The Hall–Kier alpha value is -1.10. The van der Waals surface area contributed by atoms with Gasteiger partial charge in [-0.25, -0.2) is 4.79 Å². The van der Waals surface area contributed by atoms with Crippen LogP contribution in [0.15, 0.2) is 4.99 Å². The Kier molecular flexibility index (Phi) is 3.70. The van der Waals surface area contributed by atoms with E-state index in [1.54, 1.807) is 11.1 Å². The van der Waals surface area contributed by atoms with Gasteiger partial charge in [-0.1, -0.05) is 0 Å². The fourth-order valence-electron chi connectivity index (χ4n) is 0.909. The molecule has 0 fully saturated rings. The Morgan fingerprint density at radius 3 is 3.00 bits per heavy atom. The van der Waals surface area contributed by atoms with E-state index in [1.807, 2.05) is 19.0 Å². The Balaban J connectivity index is 2.11. The summed E-state index contributed by atoms with van der Waals surface area (Å²) < 4.78 is 5.00. The first-order valence-corrected chi connectivity index (χ1v) is 4.25. The molecule has 0 radical (unpaired) electrons. The van der Waals surface area contributed by atoms with Crippen molar-refractivity contribution in [3.8, 4) is 0 Å². The van der Waals surface area contributed by atoms with Crippen LogP contribution in [0.25, 0.3) is 0 Å². The second kappa shape index (κ2) is 4.81. The van der Waals surface area contributed by atoms with E-state index in [4.69, 9.17) is 4.74 Å². The normalized spacial score (nSPS) is 15.5. The fourth-order valence-corrected chi connectivity index (χ4v) is 0.909. The fraction of sp³-hybridized carbons (Fsp3) is 0.750. The van der Waals surface area contributed by atoms with Gasteiger partial charge in [0, 0.05) is 12.8 Å². The van der Waals surface area contributed by atoms with Gasteiger partial charge < -0.3 is 9.64 Å². The molecule has 0 unspecified atom stereocenters. The van der Waals surface area contributed by atoms with Gasteiger partial charge in [-0.3, -0.25) is 9.89 Å². The van der Waals surface area contributed by atoms with Crippen LogP contribution in [0.1, 0.15) is 0 Å². The van der Waals surface area contributed by atoms with Crippen LogP contribution in [0.5, 0.6) is 0 Å². The number of rotatable bonds is 3. The molecule has 1 aliphatic heterocycles. The molecule has 0 spiro atoms. The van der Waals surface area contributed by atoms with Gasteiger partial charge in [0.2, 0.25) is 0 Å². The number of likely N-dealkylation sites (N-methyl/N-ethyl adjacent to an activating group) is 1. The molecular formula is C8H15N3O2. The first kappa shape index (κ1) is 9.98. The standard InChI is InChI=1S/C8H15N3O2/c1-10(2)5-6-13-8(12)11-4-3-9-7-11/h3H,4-7H2,1-2H3. The van der Waals surface area contributed by atoms with Crippen LogP contribution in [0.3, 0.4) is 0 Å². The van der Waals surface area contributed by atoms with E-state index in [0.717, 1.165) is 6.54 Å². The van der Waals surface area contributed by atoms with Gasteiger partial charge in [-0.15, -0.1) is 0 Å². The maximum absolute atomic E-state index is 11.2. The van der Waals surface area contributed by atoms with Crippen molar-refractivity contribution in [2.45, 2.75) is 0 Å². The number of nitrogens with zero attached hydrogens (tertiary/aromatic N) is 3. The largest absolute Gasteiger partial charge is 0.448 e. The average Bonchev–Trinajstić information content (AvgIpc) is 2.55. The summed E-state index contributed by atoms with van der Waals surface area (Å²) in [5.41, 5.74) is 0. The summed E-state index contributed by atoms with van der Waals surface area (Å²) in [6.07, 6.45) is 1.44. The molecule has 0 aromatic heterocycles. The van der Waals surface area contributed by atoms with Crippen molar-refractivity contribution in [3.63, 3.8) is 0 Å². The van der Waals surface area contributed by atoms with E-state index in [1.165, 1.54) is 0 Å². The summed E-state index contributed by atoms with van der Waals surface area (Å²) in [5, 5.41) is 0. The number of amides is 1. The molecular weight excluding hydrogens is 170 g/mol. The van der Waals surface area contributed by atoms with Crippen molar-refractivity contribution in [1.29, 1.82) is 0 Å². The second-order valence-corrected chi connectivity index (χ2v) is 3.15. The molecule has 0 aromatic rings. The molecule has 0 saturated carbocycles. The molecule has 1 rings (SSSR count). The van der Waals surface area contributed by atoms with E-state index in [-0.39, 0.29) is 6.09 Å². The van der Waals surface area contributed by atoms with Gasteiger partial charge in [0.25, 0.3) is 0 Å². The summed E-state index contributed by atoms with van der Waals surface area (Å²) in [5.74, 6) is 0. The molecule has 74 valence electrons. The van der Waals surface area contributed by atoms with Crippen LogP contribution in [-0.2, 0) is 4.74 Å². The van der Waals surface area contributed by atoms with Crippen molar-refractivity contribution >= 4 is 12.3 Å². The van der Waals surface area contributed by atoms with E-state index < -0.39 is 0 Å². The maximum Gasteiger partial charge on any atom is 0.411 e. The summed E-state index contributed by atoms with van der Waals surface area (Å²) >= 11 is 0. The van der Waals surface area contributed by atoms with Gasteiger partial charge >= 0.3 is 6.09 Å². The summed E-state index contributed by atoms with van der Waals surface area (Å²) in [6.45, 7) is 2.18. The lowest BCUT2D eigenvalue weighted by Gasteiger charge is -2.15. The second-order valence-electron chi connectivity index (χ2n) is 3.15. The third-order valence-corrected chi connectivity index (χ3v) is 1.71. The molecule has 13 heavy (non-hydrogen) atoms. The molecule has 0 aromatic carbocycles. The monoisotopic (exact) mass is 185 g/mol. The lowest BCUT2D eigenvalue weighted by atomic mass is 10.6. The Bertz CT molecular complexity index is 196. The molecule has 0 N–H and O–H groups in total. The van der Waals surface area contributed by atoms with Crippen LogP contribution in [-0.4, -0.2) is 62.6 Å². The van der Waals surface area contributed by atoms with E-state index in [9.17, 15) is 4.79 Å². The van der Waals surface area contributed by atoms with Crippen molar-refractivity contribution in [3.05, 3.63) is 0 Å². The van der Waals surface area contributed by atoms with E-state index in [0.29, 0.717) is 19.8 Å². The van der Waals surface area contributed by atoms with Crippen molar-refractivity contribution in [1.82, 2.24) is 9.80 Å². The van der Waals surface area contributed by atoms with Crippen LogP contribution < -0.4 is 0 Å². The first-order valence-electron chi connectivity index (χ1n) is 4.25. The Morgan fingerprint density at radius 1 is 1.69 bits per heavy atom. The molecule has 0 aliphatic carbocycles. The Morgan fingerprint density at radius 2 is 2.46 bits per heavy atom. The van der Waals surface area contributed by atoms with Crippen molar-refractivity contribution < 1.29 is 9.53 Å². The number of carbonyl (C=O) groups is 1. The molecule has 1 amide bonds. The van der Waals surface area contributed by atoms with Crippen molar-refractivity contribution in [2.24, 2.45) is 4.99 Å². The molecule has 0 bridgehead atoms. The smallest absolute Gasteiger partial charge is 0.411 e. The van der Waals surface area contributed by atoms with Crippen LogP contribution in [0.4, 0.5) is 4.79 Å². The van der Waals surface area contributed by atoms with E-state index in [2.05, 4.69) is 4.99 Å². The van der Waals surface area contributed by atoms with Crippen LogP contribution >= 0.6 is 0 Å². The van der Waals surface area contributed by atoms with Crippen molar-refractivity contribution in [2.75, 3.05) is 40.5 Å². The number of hydrogen-bond donors (Lipinski definition) is 0. The SMILES string of the molecule is CN(C)CCOC(=O)N1CC=NC1. The maximum atomic E-state index is 11.2. The number of aliphatic imine (C=N–C) groups is 1. The zero-order valence-electron chi connectivity index (χ0n) is 8.06. The highest BCUT2D eigenvalue weighted by Crippen LogP contribution is 1.98. The molecule has 0 atom stereocenters. The third-order valence-electron chi connectivity index (χ3n) is 1.71. The average molecular weight is 185 g/mol. The van der Waals surface area contributed by atoms with Gasteiger partial charge in [0.15, 0.2) is 0 Å². The van der Waals surface area contributed by atoms with Crippen LogP contribution in [0, 0.1) is 0 Å². The number of carbonyl (C=O) groups excluding carboxylic acids is 1. The van der Waals surface area contributed by atoms with Gasteiger partial charge in [0.1, 0.15) is 13.3 Å². The predicted octanol–water partition coefficient (Wildman–Crippen LogP) is 0.0285. The molecule has 0 saturated heterocycles. The third kappa shape index (κ3) is 3.42.